The van der Waals surface area contributed by atoms with Gasteiger partial charge in [-0.25, -0.2) is 0 Å². The number of benzene rings is 2. The Morgan fingerprint density at radius 3 is 2.50 bits per heavy atom. The van der Waals surface area contributed by atoms with Crippen LogP contribution in [0.4, 0.5) is 0 Å². The molecule has 1 saturated heterocycles. The van der Waals surface area contributed by atoms with Crippen molar-refractivity contribution in [2.45, 2.75) is 0 Å². The van der Waals surface area contributed by atoms with Crippen molar-refractivity contribution in [1.82, 2.24) is 5.01 Å². The number of nitrogens with zero attached hydrogens (tertiary/aromatic N) is 2. The SMILES string of the molecule is COc1ccc(/C=C2/SC(=S)N(/N=C/c3c(Cl)cccc3Cl)C2=O)c(OC)c1. The Morgan fingerprint density at radius 2 is 1.86 bits per heavy atom. The van der Waals surface area contributed by atoms with Crippen LogP contribution in [-0.4, -0.2) is 35.7 Å². The zero-order valence-electron chi connectivity index (χ0n) is 14.8. The number of thiocarbonyl (C=S) groups is 1. The van der Waals surface area contributed by atoms with Gasteiger partial charge in [0.15, 0.2) is 4.32 Å². The molecule has 0 unspecified atom stereocenters. The van der Waals surface area contributed by atoms with E-state index in [0.717, 1.165) is 22.3 Å². The van der Waals surface area contributed by atoms with E-state index < -0.39 is 0 Å². The van der Waals surface area contributed by atoms with E-state index in [-0.39, 0.29) is 5.91 Å². The predicted octanol–water partition coefficient (Wildman–Crippen LogP) is 5.25. The van der Waals surface area contributed by atoms with Crippen LogP contribution in [0.3, 0.4) is 0 Å². The molecule has 28 heavy (non-hydrogen) atoms. The van der Waals surface area contributed by atoms with Crippen LogP contribution in [0.2, 0.25) is 10.0 Å². The molecule has 0 N–H and O–H groups in total. The number of halogens is 2. The molecule has 0 aliphatic carbocycles. The summed E-state index contributed by atoms with van der Waals surface area (Å²) in [5, 5.41) is 6.18. The van der Waals surface area contributed by atoms with Gasteiger partial charge in [-0.2, -0.15) is 10.1 Å². The van der Waals surface area contributed by atoms with Gasteiger partial charge in [-0.1, -0.05) is 41.0 Å². The van der Waals surface area contributed by atoms with Crippen molar-refractivity contribution in [1.29, 1.82) is 0 Å². The Morgan fingerprint density at radius 1 is 1.14 bits per heavy atom. The van der Waals surface area contributed by atoms with Crippen LogP contribution < -0.4 is 9.47 Å². The summed E-state index contributed by atoms with van der Waals surface area (Å²) >= 11 is 18.7. The lowest BCUT2D eigenvalue weighted by atomic mass is 10.1. The van der Waals surface area contributed by atoms with Crippen LogP contribution in [0.25, 0.3) is 6.08 Å². The molecule has 0 aromatic heterocycles. The highest BCUT2D eigenvalue weighted by Gasteiger charge is 2.32. The van der Waals surface area contributed by atoms with Gasteiger partial charge in [-0.05, 0) is 42.6 Å². The molecule has 0 spiro atoms. The number of methoxy groups -OCH3 is 2. The minimum Gasteiger partial charge on any atom is -0.497 e. The van der Waals surface area contributed by atoms with Gasteiger partial charge in [0, 0.05) is 17.2 Å². The van der Waals surface area contributed by atoms with Gasteiger partial charge in [0.05, 0.1) is 35.4 Å². The van der Waals surface area contributed by atoms with Crippen molar-refractivity contribution in [3.05, 3.63) is 62.5 Å². The summed E-state index contributed by atoms with van der Waals surface area (Å²) in [5.74, 6) is 0.894. The highest BCUT2D eigenvalue weighted by Crippen LogP contribution is 2.35. The maximum atomic E-state index is 12.7. The second-order valence-electron chi connectivity index (χ2n) is 5.48. The van der Waals surface area contributed by atoms with Crippen molar-refractivity contribution >= 4 is 69.7 Å². The van der Waals surface area contributed by atoms with Crippen LogP contribution in [0, 0.1) is 0 Å². The highest BCUT2D eigenvalue weighted by atomic mass is 35.5. The quantitative estimate of drug-likeness (QED) is 0.352. The van der Waals surface area contributed by atoms with E-state index in [9.17, 15) is 4.79 Å². The minimum atomic E-state index is -0.340. The molecule has 0 saturated carbocycles. The molecule has 5 nitrogen and oxygen atoms in total. The number of hydrogen-bond donors (Lipinski definition) is 0. The smallest absolute Gasteiger partial charge is 0.286 e. The summed E-state index contributed by atoms with van der Waals surface area (Å²) in [5.41, 5.74) is 1.24. The van der Waals surface area contributed by atoms with Crippen molar-refractivity contribution in [3.63, 3.8) is 0 Å². The predicted molar refractivity (Wildman–Crippen MR) is 119 cm³/mol. The second kappa shape index (κ2) is 8.96. The van der Waals surface area contributed by atoms with E-state index in [4.69, 9.17) is 44.9 Å². The van der Waals surface area contributed by atoms with Gasteiger partial charge in [-0.3, -0.25) is 4.79 Å². The first-order valence-corrected chi connectivity index (χ1v) is 9.90. The summed E-state index contributed by atoms with van der Waals surface area (Å²) in [7, 11) is 3.12. The highest BCUT2D eigenvalue weighted by molar-refractivity contribution is 8.26. The molecule has 2 aromatic rings. The molecule has 1 amide bonds. The fourth-order valence-corrected chi connectivity index (χ4v) is 4.05. The molecule has 1 heterocycles. The van der Waals surface area contributed by atoms with Gasteiger partial charge in [0.2, 0.25) is 0 Å². The standard InChI is InChI=1S/C19H14Cl2N2O3S2/c1-25-12-7-6-11(16(9-12)26-2)8-17-18(24)23(19(27)28-17)22-10-13-14(20)4-3-5-15(13)21/h3-10H,1-2H3/b17-8+,22-10+. The third-order valence-electron chi connectivity index (χ3n) is 3.80. The Bertz CT molecular complexity index is 988. The Hall–Kier alpha value is -2.06. The lowest BCUT2D eigenvalue weighted by molar-refractivity contribution is -0.122. The molecule has 1 aliphatic heterocycles. The van der Waals surface area contributed by atoms with Crippen molar-refractivity contribution < 1.29 is 14.3 Å². The van der Waals surface area contributed by atoms with Gasteiger partial charge in [0.25, 0.3) is 5.91 Å². The van der Waals surface area contributed by atoms with Gasteiger partial charge in [-0.15, -0.1) is 0 Å². The molecule has 144 valence electrons. The maximum Gasteiger partial charge on any atom is 0.286 e. The average Bonchev–Trinajstić information content (AvgIpc) is 2.95. The Balaban J connectivity index is 1.88. The molecule has 9 heteroatoms. The fourth-order valence-electron chi connectivity index (χ4n) is 2.39. The molecule has 0 radical (unpaired) electrons. The first-order chi connectivity index (χ1) is 13.4. The zero-order valence-corrected chi connectivity index (χ0v) is 18.0. The van der Waals surface area contributed by atoms with Crippen molar-refractivity contribution in [2.24, 2.45) is 5.10 Å². The van der Waals surface area contributed by atoms with E-state index in [1.807, 2.05) is 0 Å². The molecular weight excluding hydrogens is 439 g/mol. The van der Waals surface area contributed by atoms with Crippen LogP contribution >= 0.6 is 47.2 Å². The van der Waals surface area contributed by atoms with Crippen LogP contribution in [-0.2, 0) is 4.79 Å². The third-order valence-corrected chi connectivity index (χ3v) is 5.74. The first-order valence-electron chi connectivity index (χ1n) is 7.92. The average molecular weight is 453 g/mol. The summed E-state index contributed by atoms with van der Waals surface area (Å²) in [4.78, 5) is 13.2. The molecule has 0 bridgehead atoms. The number of carbonyl (C=O) groups excluding carboxylic acids is 1. The number of carbonyl (C=O) groups is 1. The summed E-state index contributed by atoms with van der Waals surface area (Å²) in [6.07, 6.45) is 3.13. The van der Waals surface area contributed by atoms with Gasteiger partial charge >= 0.3 is 0 Å². The largest absolute Gasteiger partial charge is 0.497 e. The number of amides is 1. The number of hydrazone groups is 1. The molecule has 3 rings (SSSR count). The first kappa shape index (κ1) is 20.7. The molecule has 1 aliphatic rings. The molecule has 2 aromatic carbocycles. The lowest BCUT2D eigenvalue weighted by Crippen LogP contribution is -2.22. The van der Waals surface area contributed by atoms with Crippen molar-refractivity contribution in [3.8, 4) is 11.5 Å². The van der Waals surface area contributed by atoms with Crippen LogP contribution in [0.5, 0.6) is 11.5 Å². The van der Waals surface area contributed by atoms with Crippen molar-refractivity contribution in [2.75, 3.05) is 14.2 Å². The van der Waals surface area contributed by atoms with E-state index in [2.05, 4.69) is 5.10 Å². The zero-order chi connectivity index (χ0) is 20.3. The van der Waals surface area contributed by atoms with E-state index in [1.54, 1.807) is 56.7 Å². The monoisotopic (exact) mass is 452 g/mol. The number of hydrogen-bond acceptors (Lipinski definition) is 6. The van der Waals surface area contributed by atoms with E-state index >= 15 is 0 Å². The third kappa shape index (κ3) is 4.33. The number of rotatable bonds is 5. The Labute approximate surface area is 181 Å². The van der Waals surface area contributed by atoms with E-state index in [0.29, 0.717) is 36.3 Å². The van der Waals surface area contributed by atoms with E-state index in [1.165, 1.54) is 6.21 Å². The lowest BCUT2D eigenvalue weighted by Gasteiger charge is -2.08. The topological polar surface area (TPSA) is 51.1 Å². The number of thioether (sulfide) groups is 1. The minimum absolute atomic E-state index is 0.308. The number of ether oxygens (including phenoxy) is 2. The normalized spacial score (nSPS) is 15.7. The van der Waals surface area contributed by atoms with Gasteiger partial charge in [0.1, 0.15) is 11.5 Å². The second-order valence-corrected chi connectivity index (χ2v) is 7.97. The molecule has 1 fully saturated rings. The maximum absolute atomic E-state index is 12.7. The van der Waals surface area contributed by atoms with Gasteiger partial charge < -0.3 is 9.47 Å². The van der Waals surface area contributed by atoms with Crippen LogP contribution in [0.15, 0.2) is 46.4 Å². The Kier molecular flexibility index (Phi) is 6.61. The van der Waals surface area contributed by atoms with Crippen LogP contribution in [0.1, 0.15) is 11.1 Å². The molecular formula is C19H14Cl2N2O3S2. The summed E-state index contributed by atoms with van der Waals surface area (Å²) < 4.78 is 10.9. The summed E-state index contributed by atoms with van der Waals surface area (Å²) in [6.45, 7) is 0. The summed E-state index contributed by atoms with van der Waals surface area (Å²) in [6, 6.07) is 10.4. The fraction of sp³-hybridized carbons (Fsp3) is 0.105. The molecule has 0 atom stereocenters.